The van der Waals surface area contributed by atoms with E-state index in [1.807, 2.05) is 18.2 Å². The van der Waals surface area contributed by atoms with Crippen LogP contribution in [0.4, 0.5) is 0 Å². The van der Waals surface area contributed by atoms with Crippen molar-refractivity contribution in [2.45, 2.75) is 49.8 Å². The van der Waals surface area contributed by atoms with E-state index in [9.17, 15) is 0 Å². The molecule has 4 rings (SSSR count). The zero-order chi connectivity index (χ0) is 12.2. The fourth-order valence-corrected chi connectivity index (χ4v) is 2.72. The first-order valence-electron chi connectivity index (χ1n) is 6.71. The van der Waals surface area contributed by atoms with Gasteiger partial charge in [0.2, 0.25) is 0 Å². The number of hydrogen-bond acceptors (Lipinski definition) is 3. The van der Waals surface area contributed by atoms with E-state index in [0.717, 1.165) is 31.4 Å². The molecule has 3 atom stereocenters. The minimum atomic E-state index is -0.228. The van der Waals surface area contributed by atoms with Gasteiger partial charge in [0.25, 0.3) is 0 Å². The normalized spacial score (nSPS) is 40.7. The van der Waals surface area contributed by atoms with Gasteiger partial charge in [-0.05, 0) is 19.8 Å². The summed E-state index contributed by atoms with van der Waals surface area (Å²) in [5, 5.41) is 0. The second kappa shape index (κ2) is 3.56. The predicted molar refractivity (Wildman–Crippen MR) is 66.1 cm³/mol. The van der Waals surface area contributed by atoms with Gasteiger partial charge in [-0.2, -0.15) is 0 Å². The number of epoxide rings is 1. The molecule has 3 aliphatic rings. The minimum absolute atomic E-state index is 0.0678. The van der Waals surface area contributed by atoms with Crippen LogP contribution >= 0.6 is 0 Å². The van der Waals surface area contributed by atoms with Crippen molar-refractivity contribution in [3.63, 3.8) is 0 Å². The molecule has 0 amide bonds. The molecule has 1 saturated carbocycles. The Labute approximate surface area is 107 Å². The summed E-state index contributed by atoms with van der Waals surface area (Å²) in [6.45, 7) is 2.95. The molecule has 1 spiro atoms. The lowest BCUT2D eigenvalue weighted by molar-refractivity contribution is -0.268. The lowest BCUT2D eigenvalue weighted by atomic mass is 9.97. The summed E-state index contributed by atoms with van der Waals surface area (Å²) in [5.41, 5.74) is 1.10. The monoisotopic (exact) mass is 246 g/mol. The lowest BCUT2D eigenvalue weighted by Gasteiger charge is -2.38. The largest absolute Gasteiger partial charge is 0.367 e. The number of rotatable bonds is 2. The smallest absolute Gasteiger partial charge is 0.184 e. The molecule has 3 fully saturated rings. The first kappa shape index (κ1) is 11.0. The van der Waals surface area contributed by atoms with E-state index in [0.29, 0.717) is 0 Å². The fraction of sp³-hybridized carbons (Fsp3) is 0.600. The van der Waals surface area contributed by atoms with E-state index >= 15 is 0 Å². The van der Waals surface area contributed by atoms with Gasteiger partial charge >= 0.3 is 0 Å². The van der Waals surface area contributed by atoms with Gasteiger partial charge in [-0.15, -0.1) is 0 Å². The first-order chi connectivity index (χ1) is 8.69. The van der Waals surface area contributed by atoms with Crippen LogP contribution in [0.25, 0.3) is 0 Å². The summed E-state index contributed by atoms with van der Waals surface area (Å²) in [6, 6.07) is 10.2. The number of hydrogen-bond donors (Lipinski definition) is 0. The Kier molecular flexibility index (Phi) is 2.17. The summed E-state index contributed by atoms with van der Waals surface area (Å²) >= 11 is 0. The molecule has 2 aliphatic heterocycles. The van der Waals surface area contributed by atoms with Crippen molar-refractivity contribution in [2.75, 3.05) is 6.61 Å². The fourth-order valence-electron chi connectivity index (χ4n) is 2.72. The molecule has 18 heavy (non-hydrogen) atoms. The average molecular weight is 246 g/mol. The highest BCUT2D eigenvalue weighted by Crippen LogP contribution is 2.54. The van der Waals surface area contributed by atoms with Crippen molar-refractivity contribution < 1.29 is 14.2 Å². The molecule has 1 aromatic rings. The molecule has 96 valence electrons. The third-order valence-corrected chi connectivity index (χ3v) is 4.36. The quantitative estimate of drug-likeness (QED) is 0.752. The average Bonchev–Trinajstić information content (AvgIpc) is 3.31. The van der Waals surface area contributed by atoms with Gasteiger partial charge in [0, 0.05) is 12.0 Å². The number of ether oxygens (including phenoxy) is 3. The van der Waals surface area contributed by atoms with Gasteiger partial charge < -0.3 is 14.2 Å². The molecule has 2 heterocycles. The molecule has 0 aromatic heterocycles. The van der Waals surface area contributed by atoms with Gasteiger partial charge in [-0.1, -0.05) is 30.3 Å². The summed E-state index contributed by atoms with van der Waals surface area (Å²) in [6.07, 6.45) is 3.23. The van der Waals surface area contributed by atoms with E-state index in [4.69, 9.17) is 14.2 Å². The molecule has 3 heteroatoms. The second-order valence-corrected chi connectivity index (χ2v) is 5.97. The van der Waals surface area contributed by atoms with Crippen molar-refractivity contribution >= 4 is 0 Å². The molecule has 0 radical (unpaired) electrons. The standard InChI is InChI=1S/C15H18O3/c1-14(10-16-14)12-9-15(7-8-15)18-13(17-12)11-5-3-2-4-6-11/h2-6,12-13H,7-10H2,1H3. The van der Waals surface area contributed by atoms with Crippen molar-refractivity contribution in [3.8, 4) is 0 Å². The van der Waals surface area contributed by atoms with Gasteiger partial charge in [0.05, 0.1) is 18.3 Å². The maximum Gasteiger partial charge on any atom is 0.184 e. The SMILES string of the molecule is CC1(C2CC3(CC3)OC(c3ccccc3)O2)CO1. The lowest BCUT2D eigenvalue weighted by Crippen LogP contribution is -2.42. The molecule has 3 nitrogen and oxygen atoms in total. The summed E-state index contributed by atoms with van der Waals surface area (Å²) in [4.78, 5) is 0. The van der Waals surface area contributed by atoms with Crippen LogP contribution in [0.1, 0.15) is 38.0 Å². The Morgan fingerprint density at radius 2 is 1.89 bits per heavy atom. The van der Waals surface area contributed by atoms with Gasteiger partial charge in [-0.3, -0.25) is 0 Å². The Bertz CT molecular complexity index is 448. The number of benzene rings is 1. The Balaban J connectivity index is 1.60. The van der Waals surface area contributed by atoms with Crippen LogP contribution in [-0.2, 0) is 14.2 Å². The third kappa shape index (κ3) is 1.78. The van der Waals surface area contributed by atoms with E-state index in [-0.39, 0.29) is 23.6 Å². The second-order valence-electron chi connectivity index (χ2n) is 5.97. The van der Waals surface area contributed by atoms with Crippen molar-refractivity contribution in [3.05, 3.63) is 35.9 Å². The van der Waals surface area contributed by atoms with E-state index in [2.05, 4.69) is 19.1 Å². The topological polar surface area (TPSA) is 31.0 Å². The predicted octanol–water partition coefficient (Wildman–Crippen LogP) is 2.81. The Morgan fingerprint density at radius 3 is 2.50 bits per heavy atom. The minimum Gasteiger partial charge on any atom is -0.367 e. The maximum absolute atomic E-state index is 6.15. The van der Waals surface area contributed by atoms with Crippen molar-refractivity contribution in [1.29, 1.82) is 0 Å². The highest BCUT2D eigenvalue weighted by molar-refractivity contribution is 5.18. The Hall–Kier alpha value is -0.900. The van der Waals surface area contributed by atoms with Crippen LogP contribution in [-0.4, -0.2) is 23.9 Å². The van der Waals surface area contributed by atoms with Crippen LogP contribution in [0.15, 0.2) is 30.3 Å². The third-order valence-electron chi connectivity index (χ3n) is 4.36. The molecular formula is C15H18O3. The van der Waals surface area contributed by atoms with Crippen molar-refractivity contribution in [1.82, 2.24) is 0 Å². The van der Waals surface area contributed by atoms with Crippen LogP contribution in [0.2, 0.25) is 0 Å². The van der Waals surface area contributed by atoms with Gasteiger partial charge in [-0.25, -0.2) is 0 Å². The molecule has 3 unspecified atom stereocenters. The molecule has 0 bridgehead atoms. The van der Waals surface area contributed by atoms with Crippen LogP contribution in [0.3, 0.4) is 0 Å². The van der Waals surface area contributed by atoms with Crippen LogP contribution < -0.4 is 0 Å². The Morgan fingerprint density at radius 1 is 1.17 bits per heavy atom. The van der Waals surface area contributed by atoms with Crippen molar-refractivity contribution in [2.24, 2.45) is 0 Å². The summed E-state index contributed by atoms with van der Waals surface area (Å²) < 4.78 is 17.8. The zero-order valence-electron chi connectivity index (χ0n) is 10.6. The maximum atomic E-state index is 6.15. The molecule has 0 N–H and O–H groups in total. The molecule has 1 aliphatic carbocycles. The van der Waals surface area contributed by atoms with E-state index in [1.54, 1.807) is 0 Å². The summed E-state index contributed by atoms with van der Waals surface area (Å²) in [7, 11) is 0. The van der Waals surface area contributed by atoms with Crippen LogP contribution in [0.5, 0.6) is 0 Å². The van der Waals surface area contributed by atoms with Gasteiger partial charge in [0.1, 0.15) is 5.60 Å². The summed E-state index contributed by atoms with van der Waals surface area (Å²) in [5.74, 6) is 0. The zero-order valence-corrected chi connectivity index (χ0v) is 10.6. The first-order valence-corrected chi connectivity index (χ1v) is 6.71. The highest BCUT2D eigenvalue weighted by atomic mass is 16.7. The molecular weight excluding hydrogens is 228 g/mol. The molecule has 1 aromatic carbocycles. The van der Waals surface area contributed by atoms with E-state index in [1.165, 1.54) is 0 Å². The van der Waals surface area contributed by atoms with Crippen LogP contribution in [0, 0.1) is 0 Å². The van der Waals surface area contributed by atoms with E-state index < -0.39 is 0 Å². The van der Waals surface area contributed by atoms with Gasteiger partial charge in [0.15, 0.2) is 6.29 Å². The molecule has 2 saturated heterocycles. The highest BCUT2D eigenvalue weighted by Gasteiger charge is 2.59.